The van der Waals surface area contributed by atoms with Gasteiger partial charge in [-0.05, 0) is 37.0 Å². The molecule has 2 heterocycles. The first-order valence-electron chi connectivity index (χ1n) is 9.59. The average Bonchev–Trinajstić information content (AvgIpc) is 3.12. The molecule has 2 unspecified atom stereocenters. The van der Waals surface area contributed by atoms with Gasteiger partial charge in [0.2, 0.25) is 0 Å². The van der Waals surface area contributed by atoms with Gasteiger partial charge < -0.3 is 19.5 Å². The SMILES string of the molecule is CN=C(NCC1(CCOC)CCC1)N1CCC(C)C(n2ccnc2)C1. The molecule has 0 bridgehead atoms. The normalized spacial score (nSPS) is 26.4. The molecule has 0 aromatic carbocycles. The summed E-state index contributed by atoms with van der Waals surface area (Å²) < 4.78 is 7.56. The molecule has 140 valence electrons. The second-order valence-corrected chi connectivity index (χ2v) is 7.79. The summed E-state index contributed by atoms with van der Waals surface area (Å²) in [6.45, 7) is 6.25. The van der Waals surface area contributed by atoms with Gasteiger partial charge in [-0.15, -0.1) is 0 Å². The van der Waals surface area contributed by atoms with E-state index in [0.29, 0.717) is 17.4 Å². The first kappa shape index (κ1) is 18.2. The second-order valence-electron chi connectivity index (χ2n) is 7.79. The molecule has 6 heteroatoms. The minimum Gasteiger partial charge on any atom is -0.385 e. The van der Waals surface area contributed by atoms with E-state index in [4.69, 9.17) is 4.74 Å². The third kappa shape index (κ3) is 4.17. The predicted molar refractivity (Wildman–Crippen MR) is 101 cm³/mol. The van der Waals surface area contributed by atoms with Crippen molar-refractivity contribution in [1.29, 1.82) is 0 Å². The maximum atomic E-state index is 5.31. The van der Waals surface area contributed by atoms with Crippen LogP contribution in [0.25, 0.3) is 0 Å². The third-order valence-electron chi connectivity index (χ3n) is 6.21. The molecule has 1 aromatic heterocycles. The topological polar surface area (TPSA) is 54.7 Å². The zero-order valence-electron chi connectivity index (χ0n) is 15.9. The Hall–Kier alpha value is -1.56. The number of nitrogens with one attached hydrogen (secondary N) is 1. The van der Waals surface area contributed by atoms with Crippen molar-refractivity contribution in [1.82, 2.24) is 19.8 Å². The molecule has 0 radical (unpaired) electrons. The maximum absolute atomic E-state index is 5.31. The number of aliphatic imine (C=N–C) groups is 1. The van der Waals surface area contributed by atoms with E-state index in [9.17, 15) is 0 Å². The van der Waals surface area contributed by atoms with Crippen molar-refractivity contribution in [3.8, 4) is 0 Å². The van der Waals surface area contributed by atoms with E-state index in [2.05, 4.69) is 37.9 Å². The number of methoxy groups -OCH3 is 1. The Morgan fingerprint density at radius 1 is 1.44 bits per heavy atom. The van der Waals surface area contributed by atoms with Gasteiger partial charge in [0, 0.05) is 52.8 Å². The summed E-state index contributed by atoms with van der Waals surface area (Å²) >= 11 is 0. The molecule has 0 spiro atoms. The highest BCUT2D eigenvalue weighted by atomic mass is 16.5. The van der Waals surface area contributed by atoms with E-state index in [1.54, 1.807) is 7.11 Å². The van der Waals surface area contributed by atoms with E-state index in [-0.39, 0.29) is 0 Å². The number of piperidine rings is 1. The van der Waals surface area contributed by atoms with Crippen LogP contribution in [0.2, 0.25) is 0 Å². The van der Waals surface area contributed by atoms with Gasteiger partial charge in [-0.1, -0.05) is 13.3 Å². The van der Waals surface area contributed by atoms with Crippen LogP contribution in [-0.2, 0) is 4.74 Å². The summed E-state index contributed by atoms with van der Waals surface area (Å²) in [7, 11) is 3.69. The Bertz CT molecular complexity index is 552. The summed E-state index contributed by atoms with van der Waals surface area (Å²) in [6.07, 6.45) is 12.2. The van der Waals surface area contributed by atoms with Gasteiger partial charge in [0.05, 0.1) is 12.4 Å². The van der Waals surface area contributed by atoms with Crippen LogP contribution in [0.1, 0.15) is 45.1 Å². The molecule has 2 fully saturated rings. The van der Waals surface area contributed by atoms with Crippen LogP contribution in [0.15, 0.2) is 23.7 Å². The number of nitrogens with zero attached hydrogens (tertiary/aromatic N) is 4. The van der Waals surface area contributed by atoms with Crippen LogP contribution in [0, 0.1) is 11.3 Å². The summed E-state index contributed by atoms with van der Waals surface area (Å²) in [4.78, 5) is 11.2. The fraction of sp³-hybridized carbons (Fsp3) is 0.789. The van der Waals surface area contributed by atoms with Gasteiger partial charge in [0.1, 0.15) is 0 Å². The lowest BCUT2D eigenvalue weighted by Gasteiger charge is -2.44. The molecule has 1 aliphatic heterocycles. The van der Waals surface area contributed by atoms with Crippen molar-refractivity contribution in [2.75, 3.05) is 40.4 Å². The number of hydrogen-bond donors (Lipinski definition) is 1. The van der Waals surface area contributed by atoms with Crippen molar-refractivity contribution in [3.05, 3.63) is 18.7 Å². The standard InChI is InChI=1S/C19H33N5O/c1-16-5-10-23(13-17(16)24-11-9-21-15-24)18(20-2)22-14-19(6-4-7-19)8-12-25-3/h9,11,15-17H,4-8,10,12-14H2,1-3H3,(H,20,22). The van der Waals surface area contributed by atoms with Crippen molar-refractivity contribution in [2.45, 2.75) is 45.1 Å². The van der Waals surface area contributed by atoms with Crippen LogP contribution >= 0.6 is 0 Å². The molecule has 2 atom stereocenters. The van der Waals surface area contributed by atoms with Crippen molar-refractivity contribution in [3.63, 3.8) is 0 Å². The Morgan fingerprint density at radius 2 is 2.28 bits per heavy atom. The van der Waals surface area contributed by atoms with Crippen LogP contribution in [0.4, 0.5) is 0 Å². The highest BCUT2D eigenvalue weighted by Gasteiger charge is 2.37. The molecular formula is C19H33N5O. The van der Waals surface area contributed by atoms with Crippen LogP contribution in [0.3, 0.4) is 0 Å². The third-order valence-corrected chi connectivity index (χ3v) is 6.21. The van der Waals surface area contributed by atoms with Crippen LogP contribution in [0.5, 0.6) is 0 Å². The van der Waals surface area contributed by atoms with E-state index in [1.165, 1.54) is 25.7 Å². The molecule has 1 saturated heterocycles. The molecule has 1 N–H and O–H groups in total. The zero-order chi connectivity index (χ0) is 17.7. The van der Waals surface area contributed by atoms with Crippen molar-refractivity contribution >= 4 is 5.96 Å². The quantitative estimate of drug-likeness (QED) is 0.635. The van der Waals surface area contributed by atoms with Gasteiger partial charge in [-0.2, -0.15) is 0 Å². The second kappa shape index (κ2) is 8.21. The average molecular weight is 348 g/mol. The number of ether oxygens (including phenoxy) is 1. The molecule has 2 aliphatic rings. The number of likely N-dealkylation sites (tertiary alicyclic amines) is 1. The molecule has 1 saturated carbocycles. The van der Waals surface area contributed by atoms with Gasteiger partial charge in [-0.3, -0.25) is 4.99 Å². The Morgan fingerprint density at radius 3 is 2.88 bits per heavy atom. The lowest BCUT2D eigenvalue weighted by atomic mass is 9.67. The van der Waals surface area contributed by atoms with Gasteiger partial charge in [-0.25, -0.2) is 4.98 Å². The zero-order valence-corrected chi connectivity index (χ0v) is 15.9. The summed E-state index contributed by atoms with van der Waals surface area (Å²) in [5.74, 6) is 1.70. The smallest absolute Gasteiger partial charge is 0.193 e. The minimum atomic E-state index is 0.402. The van der Waals surface area contributed by atoms with Crippen molar-refractivity contribution in [2.24, 2.45) is 16.3 Å². The van der Waals surface area contributed by atoms with Crippen LogP contribution in [-0.4, -0.2) is 60.8 Å². The maximum Gasteiger partial charge on any atom is 0.193 e. The Kier molecular flexibility index (Phi) is 5.99. The number of aromatic nitrogens is 2. The number of imidazole rings is 1. The molecule has 3 rings (SSSR count). The lowest BCUT2D eigenvalue weighted by molar-refractivity contribution is 0.0720. The van der Waals surface area contributed by atoms with E-state index >= 15 is 0 Å². The van der Waals surface area contributed by atoms with Gasteiger partial charge >= 0.3 is 0 Å². The van der Waals surface area contributed by atoms with Crippen LogP contribution < -0.4 is 5.32 Å². The molecule has 1 aliphatic carbocycles. The Labute approximate surface area is 151 Å². The van der Waals surface area contributed by atoms with Gasteiger partial charge in [0.15, 0.2) is 5.96 Å². The largest absolute Gasteiger partial charge is 0.385 e. The molecule has 0 amide bonds. The Balaban J connectivity index is 1.59. The summed E-state index contributed by atoms with van der Waals surface area (Å²) in [5, 5.41) is 3.67. The highest BCUT2D eigenvalue weighted by Crippen LogP contribution is 2.43. The lowest BCUT2D eigenvalue weighted by Crippen LogP contribution is -2.52. The first-order chi connectivity index (χ1) is 12.2. The van der Waals surface area contributed by atoms with E-state index < -0.39 is 0 Å². The molecule has 1 aromatic rings. The van der Waals surface area contributed by atoms with Gasteiger partial charge in [0.25, 0.3) is 0 Å². The predicted octanol–water partition coefficient (Wildman–Crippen LogP) is 2.55. The number of rotatable bonds is 6. The number of guanidine groups is 1. The highest BCUT2D eigenvalue weighted by molar-refractivity contribution is 5.80. The molecular weight excluding hydrogens is 314 g/mol. The summed E-state index contributed by atoms with van der Waals surface area (Å²) in [5.41, 5.74) is 0.402. The van der Waals surface area contributed by atoms with Crippen molar-refractivity contribution < 1.29 is 4.74 Å². The summed E-state index contributed by atoms with van der Waals surface area (Å²) in [6, 6.07) is 0.459. The fourth-order valence-corrected chi connectivity index (χ4v) is 4.20. The number of hydrogen-bond acceptors (Lipinski definition) is 3. The molecule has 25 heavy (non-hydrogen) atoms. The monoisotopic (exact) mass is 347 g/mol. The first-order valence-corrected chi connectivity index (χ1v) is 9.59. The molecule has 6 nitrogen and oxygen atoms in total. The van der Waals surface area contributed by atoms with E-state index in [1.807, 2.05) is 19.6 Å². The van der Waals surface area contributed by atoms with E-state index in [0.717, 1.165) is 38.6 Å². The fourth-order valence-electron chi connectivity index (χ4n) is 4.20. The minimum absolute atomic E-state index is 0.402.